The highest BCUT2D eigenvalue weighted by molar-refractivity contribution is 5.09. The lowest BCUT2D eigenvalue weighted by molar-refractivity contribution is 0.556. The molecule has 0 aliphatic rings. The van der Waals surface area contributed by atoms with Gasteiger partial charge in [-0.05, 0) is 24.6 Å². The minimum atomic E-state index is 0.373. The van der Waals surface area contributed by atoms with Crippen molar-refractivity contribution in [3.05, 3.63) is 30.1 Å². The summed E-state index contributed by atoms with van der Waals surface area (Å²) >= 11 is 0. The van der Waals surface area contributed by atoms with Gasteiger partial charge in [0.1, 0.15) is 0 Å². The first kappa shape index (κ1) is 9.16. The molecule has 0 aliphatic heterocycles. The third-order valence-electron chi connectivity index (χ3n) is 1.76. The molecular formula is C9H15N3. The molecule has 3 N–H and O–H groups in total. The minimum Gasteiger partial charge on any atom is -0.329 e. The van der Waals surface area contributed by atoms with Crippen LogP contribution in [-0.2, 0) is 6.54 Å². The van der Waals surface area contributed by atoms with Gasteiger partial charge in [0.25, 0.3) is 0 Å². The molecule has 1 heterocycles. The Morgan fingerprint density at radius 3 is 2.75 bits per heavy atom. The van der Waals surface area contributed by atoms with Crippen LogP contribution in [-0.4, -0.2) is 17.6 Å². The van der Waals surface area contributed by atoms with Crippen LogP contribution in [0.15, 0.2) is 24.5 Å². The van der Waals surface area contributed by atoms with Gasteiger partial charge in [0.15, 0.2) is 0 Å². The number of hydrogen-bond acceptors (Lipinski definition) is 3. The van der Waals surface area contributed by atoms with Crippen molar-refractivity contribution in [2.75, 3.05) is 6.54 Å². The van der Waals surface area contributed by atoms with Gasteiger partial charge in [0, 0.05) is 31.5 Å². The van der Waals surface area contributed by atoms with Gasteiger partial charge in [-0.2, -0.15) is 0 Å². The first-order valence-electron chi connectivity index (χ1n) is 4.15. The zero-order valence-electron chi connectivity index (χ0n) is 7.33. The monoisotopic (exact) mass is 165 g/mol. The van der Waals surface area contributed by atoms with Crippen LogP contribution in [0.5, 0.6) is 0 Å². The van der Waals surface area contributed by atoms with Crippen molar-refractivity contribution in [1.29, 1.82) is 0 Å². The fourth-order valence-electron chi connectivity index (χ4n) is 0.876. The summed E-state index contributed by atoms with van der Waals surface area (Å²) in [6, 6.07) is 4.37. The van der Waals surface area contributed by atoms with E-state index in [0.717, 1.165) is 6.54 Å². The summed E-state index contributed by atoms with van der Waals surface area (Å²) in [6.07, 6.45) is 3.59. The molecule has 12 heavy (non-hydrogen) atoms. The van der Waals surface area contributed by atoms with E-state index in [4.69, 9.17) is 5.73 Å². The number of hydrogen-bond donors (Lipinski definition) is 2. The lowest BCUT2D eigenvalue weighted by Crippen LogP contribution is -2.32. The lowest BCUT2D eigenvalue weighted by atomic mass is 10.2. The van der Waals surface area contributed by atoms with Crippen molar-refractivity contribution >= 4 is 0 Å². The van der Waals surface area contributed by atoms with Gasteiger partial charge in [-0.3, -0.25) is 4.98 Å². The van der Waals surface area contributed by atoms with Crippen LogP contribution < -0.4 is 11.1 Å². The van der Waals surface area contributed by atoms with Crippen LogP contribution in [0.25, 0.3) is 0 Å². The second-order valence-corrected chi connectivity index (χ2v) is 2.87. The SMILES string of the molecule is C[C@@H](CN)NCc1ccncc1. The summed E-state index contributed by atoms with van der Waals surface area (Å²) in [7, 11) is 0. The molecule has 3 nitrogen and oxygen atoms in total. The fraction of sp³-hybridized carbons (Fsp3) is 0.444. The molecule has 0 radical (unpaired) electrons. The first-order chi connectivity index (χ1) is 5.83. The van der Waals surface area contributed by atoms with Crippen molar-refractivity contribution in [3.63, 3.8) is 0 Å². The maximum atomic E-state index is 5.46. The van der Waals surface area contributed by atoms with Crippen LogP contribution in [0.3, 0.4) is 0 Å². The van der Waals surface area contributed by atoms with E-state index >= 15 is 0 Å². The summed E-state index contributed by atoms with van der Waals surface area (Å²) in [5.74, 6) is 0. The highest BCUT2D eigenvalue weighted by Crippen LogP contribution is 1.95. The van der Waals surface area contributed by atoms with E-state index in [1.807, 2.05) is 12.1 Å². The molecule has 0 fully saturated rings. The maximum absolute atomic E-state index is 5.46. The molecule has 0 unspecified atom stereocenters. The Balaban J connectivity index is 2.33. The Hall–Kier alpha value is -0.930. The molecule has 3 heteroatoms. The topological polar surface area (TPSA) is 50.9 Å². The standard InChI is InChI=1S/C9H15N3/c1-8(6-10)12-7-9-2-4-11-5-3-9/h2-5,8,12H,6-7,10H2,1H3/t8-/m0/s1. The average molecular weight is 165 g/mol. The number of nitrogens with two attached hydrogens (primary N) is 1. The summed E-state index contributed by atoms with van der Waals surface area (Å²) in [5.41, 5.74) is 6.70. The lowest BCUT2D eigenvalue weighted by Gasteiger charge is -2.10. The summed E-state index contributed by atoms with van der Waals surface area (Å²) in [5, 5.41) is 3.30. The number of aromatic nitrogens is 1. The molecule has 0 aromatic carbocycles. The molecule has 1 atom stereocenters. The second kappa shape index (κ2) is 4.85. The van der Waals surface area contributed by atoms with Crippen LogP contribution in [0.4, 0.5) is 0 Å². The quantitative estimate of drug-likeness (QED) is 0.683. The third kappa shape index (κ3) is 2.98. The van der Waals surface area contributed by atoms with E-state index in [-0.39, 0.29) is 0 Å². The zero-order valence-corrected chi connectivity index (χ0v) is 7.33. The van der Waals surface area contributed by atoms with E-state index in [1.165, 1.54) is 5.56 Å². The molecule has 0 bridgehead atoms. The highest BCUT2D eigenvalue weighted by atomic mass is 14.9. The minimum absolute atomic E-state index is 0.373. The summed E-state index contributed by atoms with van der Waals surface area (Å²) < 4.78 is 0. The number of rotatable bonds is 4. The van der Waals surface area contributed by atoms with Gasteiger partial charge < -0.3 is 11.1 Å². The fourth-order valence-corrected chi connectivity index (χ4v) is 0.876. The van der Waals surface area contributed by atoms with Crippen molar-refractivity contribution in [2.45, 2.75) is 19.5 Å². The molecule has 1 aromatic heterocycles. The predicted octanol–water partition coefficient (Wildman–Crippen LogP) is 0.518. The molecule has 0 saturated heterocycles. The van der Waals surface area contributed by atoms with Crippen molar-refractivity contribution in [3.8, 4) is 0 Å². The second-order valence-electron chi connectivity index (χ2n) is 2.87. The van der Waals surface area contributed by atoms with Crippen molar-refractivity contribution in [2.24, 2.45) is 5.73 Å². The van der Waals surface area contributed by atoms with Gasteiger partial charge in [-0.1, -0.05) is 0 Å². The van der Waals surface area contributed by atoms with E-state index in [1.54, 1.807) is 12.4 Å². The Bertz CT molecular complexity index is 210. The number of pyridine rings is 1. The smallest absolute Gasteiger partial charge is 0.0271 e. The van der Waals surface area contributed by atoms with E-state index in [2.05, 4.69) is 17.2 Å². The van der Waals surface area contributed by atoms with Gasteiger partial charge in [0.2, 0.25) is 0 Å². The van der Waals surface area contributed by atoms with Crippen LogP contribution in [0.1, 0.15) is 12.5 Å². The molecule has 0 spiro atoms. The molecular weight excluding hydrogens is 150 g/mol. The van der Waals surface area contributed by atoms with E-state index < -0.39 is 0 Å². The molecule has 0 amide bonds. The third-order valence-corrected chi connectivity index (χ3v) is 1.76. The molecule has 66 valence electrons. The largest absolute Gasteiger partial charge is 0.329 e. The van der Waals surface area contributed by atoms with Crippen LogP contribution in [0, 0.1) is 0 Å². The van der Waals surface area contributed by atoms with Crippen molar-refractivity contribution in [1.82, 2.24) is 10.3 Å². The van der Waals surface area contributed by atoms with Gasteiger partial charge in [0.05, 0.1) is 0 Å². The van der Waals surface area contributed by atoms with E-state index in [9.17, 15) is 0 Å². The Morgan fingerprint density at radius 2 is 2.17 bits per heavy atom. The molecule has 1 rings (SSSR count). The zero-order chi connectivity index (χ0) is 8.81. The molecule has 1 aromatic rings. The molecule has 0 saturated carbocycles. The van der Waals surface area contributed by atoms with Gasteiger partial charge in [-0.25, -0.2) is 0 Å². The van der Waals surface area contributed by atoms with Gasteiger partial charge >= 0.3 is 0 Å². The Kier molecular flexibility index (Phi) is 3.70. The van der Waals surface area contributed by atoms with Gasteiger partial charge in [-0.15, -0.1) is 0 Å². The van der Waals surface area contributed by atoms with Crippen molar-refractivity contribution < 1.29 is 0 Å². The normalized spacial score (nSPS) is 12.8. The maximum Gasteiger partial charge on any atom is 0.0271 e. The van der Waals surface area contributed by atoms with Crippen LogP contribution >= 0.6 is 0 Å². The van der Waals surface area contributed by atoms with Crippen LogP contribution in [0.2, 0.25) is 0 Å². The summed E-state index contributed by atoms with van der Waals surface area (Å²) in [6.45, 7) is 3.60. The average Bonchev–Trinajstić information content (AvgIpc) is 2.16. The predicted molar refractivity (Wildman–Crippen MR) is 49.6 cm³/mol. The number of nitrogens with one attached hydrogen (secondary N) is 1. The summed E-state index contributed by atoms with van der Waals surface area (Å²) in [4.78, 5) is 3.94. The molecule has 0 aliphatic carbocycles. The van der Waals surface area contributed by atoms with E-state index in [0.29, 0.717) is 12.6 Å². The Labute approximate surface area is 73.0 Å². The number of nitrogens with zero attached hydrogens (tertiary/aromatic N) is 1. The highest BCUT2D eigenvalue weighted by Gasteiger charge is 1.96. The Morgan fingerprint density at radius 1 is 1.50 bits per heavy atom. The first-order valence-corrected chi connectivity index (χ1v) is 4.15.